The molecule has 0 fully saturated rings. The van der Waals surface area contributed by atoms with Gasteiger partial charge in [-0.15, -0.1) is 0 Å². The van der Waals surface area contributed by atoms with Crippen LogP contribution in [0.2, 0.25) is 0 Å². The number of aromatic nitrogens is 1. The molecule has 0 saturated heterocycles. The minimum absolute atomic E-state index is 0.544. The number of hydrogen-bond acceptors (Lipinski definition) is 3. The van der Waals surface area contributed by atoms with Crippen molar-refractivity contribution in [1.29, 1.82) is 0 Å². The minimum atomic E-state index is 0.544. The maximum absolute atomic E-state index is 5.68. The molecular weight excluding hydrogens is 246 g/mol. The fourth-order valence-electron chi connectivity index (χ4n) is 2.24. The predicted molar refractivity (Wildman–Crippen MR) is 86.8 cm³/mol. The van der Waals surface area contributed by atoms with Crippen LogP contribution in [-0.2, 0) is 0 Å². The fraction of sp³-hybridized carbons (Fsp3) is 0.412. The van der Waals surface area contributed by atoms with E-state index >= 15 is 0 Å². The van der Waals surface area contributed by atoms with Crippen molar-refractivity contribution in [3.63, 3.8) is 0 Å². The van der Waals surface area contributed by atoms with Crippen molar-refractivity contribution in [3.8, 4) is 0 Å². The van der Waals surface area contributed by atoms with Gasteiger partial charge in [-0.2, -0.15) is 0 Å². The van der Waals surface area contributed by atoms with Gasteiger partial charge in [-0.3, -0.25) is 4.99 Å². The Bertz CT molecular complexity index is 575. The van der Waals surface area contributed by atoms with E-state index in [1.165, 1.54) is 16.7 Å². The first-order valence-electron chi connectivity index (χ1n) is 7.13. The van der Waals surface area contributed by atoms with Gasteiger partial charge in [-0.25, -0.2) is 4.98 Å². The molecule has 20 heavy (non-hydrogen) atoms. The Morgan fingerprint density at radius 3 is 2.70 bits per heavy atom. The Balaban J connectivity index is 2.51. The Hall–Kier alpha value is -1.90. The third-order valence-corrected chi connectivity index (χ3v) is 3.84. The molecule has 0 aliphatic carbocycles. The lowest BCUT2D eigenvalue weighted by Crippen LogP contribution is -2.09. The number of nitrogens with two attached hydrogens (primary N) is 1. The van der Waals surface area contributed by atoms with Crippen LogP contribution >= 0.6 is 0 Å². The van der Waals surface area contributed by atoms with Crippen molar-refractivity contribution >= 4 is 17.1 Å². The van der Waals surface area contributed by atoms with Gasteiger partial charge in [0.1, 0.15) is 5.82 Å². The Morgan fingerprint density at radius 2 is 2.10 bits per heavy atom. The summed E-state index contributed by atoms with van der Waals surface area (Å²) in [5.41, 5.74) is 11.9. The molecule has 3 nitrogen and oxygen atoms in total. The predicted octanol–water partition coefficient (Wildman–Crippen LogP) is 3.88. The highest BCUT2D eigenvalue weighted by atomic mass is 14.8. The fourth-order valence-corrected chi connectivity index (χ4v) is 2.24. The van der Waals surface area contributed by atoms with Gasteiger partial charge < -0.3 is 5.73 Å². The summed E-state index contributed by atoms with van der Waals surface area (Å²) in [7, 11) is 0. The van der Waals surface area contributed by atoms with Crippen molar-refractivity contribution in [1.82, 2.24) is 4.98 Å². The topological polar surface area (TPSA) is 51.3 Å². The van der Waals surface area contributed by atoms with Crippen LogP contribution in [0.5, 0.6) is 0 Å². The largest absolute Gasteiger partial charge is 0.384 e. The van der Waals surface area contributed by atoms with Crippen molar-refractivity contribution in [2.45, 2.75) is 34.1 Å². The molecule has 0 radical (unpaired) electrons. The molecule has 1 aromatic heterocycles. The van der Waals surface area contributed by atoms with Gasteiger partial charge in [0.25, 0.3) is 0 Å². The Labute approximate surface area is 121 Å². The van der Waals surface area contributed by atoms with E-state index in [9.17, 15) is 0 Å². The van der Waals surface area contributed by atoms with E-state index in [0.29, 0.717) is 11.7 Å². The molecule has 0 bridgehead atoms. The average molecular weight is 269 g/mol. The number of hydrogen-bond donors (Lipinski definition) is 1. The van der Waals surface area contributed by atoms with Gasteiger partial charge in [-0.1, -0.05) is 25.5 Å². The standard InChI is InChI=1S/C17H23N3/c1-11(2)12(3)9-16-13(4)19-8-7-15(16)14-5-6-17(18)20-10-14/h5-6,9-11H,7-8H2,1-4H3,(H2,18,20)/b12-9+. The molecular formula is C17H23N3. The van der Waals surface area contributed by atoms with Crippen LogP contribution in [-0.4, -0.2) is 17.2 Å². The van der Waals surface area contributed by atoms with Gasteiger partial charge in [0.2, 0.25) is 0 Å². The maximum atomic E-state index is 5.68. The van der Waals surface area contributed by atoms with Crippen LogP contribution in [0.1, 0.15) is 39.7 Å². The highest BCUT2D eigenvalue weighted by Gasteiger charge is 2.15. The van der Waals surface area contributed by atoms with E-state index < -0.39 is 0 Å². The number of nitrogens with zero attached hydrogens (tertiary/aromatic N) is 2. The molecule has 1 aromatic rings. The van der Waals surface area contributed by atoms with Gasteiger partial charge in [0, 0.05) is 18.5 Å². The summed E-state index contributed by atoms with van der Waals surface area (Å²) in [6.45, 7) is 9.55. The summed E-state index contributed by atoms with van der Waals surface area (Å²) in [5, 5.41) is 0. The lowest BCUT2D eigenvalue weighted by Gasteiger charge is -2.19. The second-order valence-electron chi connectivity index (χ2n) is 5.62. The summed E-state index contributed by atoms with van der Waals surface area (Å²) in [6, 6.07) is 3.91. The summed E-state index contributed by atoms with van der Waals surface area (Å²) < 4.78 is 0. The lowest BCUT2D eigenvalue weighted by molar-refractivity contribution is 0.768. The van der Waals surface area contributed by atoms with E-state index in [2.05, 4.69) is 49.8 Å². The van der Waals surface area contributed by atoms with Crippen LogP contribution in [0, 0.1) is 5.92 Å². The van der Waals surface area contributed by atoms with Crippen LogP contribution in [0.15, 0.2) is 40.5 Å². The van der Waals surface area contributed by atoms with Gasteiger partial charge in [-0.05, 0) is 55.0 Å². The van der Waals surface area contributed by atoms with Crippen molar-refractivity contribution in [2.24, 2.45) is 10.9 Å². The minimum Gasteiger partial charge on any atom is -0.384 e. The Kier molecular flexibility index (Phi) is 4.38. The second-order valence-corrected chi connectivity index (χ2v) is 5.62. The van der Waals surface area contributed by atoms with E-state index in [1.54, 1.807) is 0 Å². The van der Waals surface area contributed by atoms with Crippen molar-refractivity contribution in [3.05, 3.63) is 41.1 Å². The highest BCUT2D eigenvalue weighted by Crippen LogP contribution is 2.29. The van der Waals surface area contributed by atoms with Crippen LogP contribution in [0.25, 0.3) is 5.57 Å². The molecule has 0 unspecified atom stereocenters. The summed E-state index contributed by atoms with van der Waals surface area (Å²) in [6.07, 6.45) is 5.09. The number of aliphatic imine (C=N–C) groups is 1. The third kappa shape index (κ3) is 3.16. The lowest BCUT2D eigenvalue weighted by atomic mass is 9.90. The molecule has 0 aromatic carbocycles. The molecule has 0 spiro atoms. The Morgan fingerprint density at radius 1 is 1.35 bits per heavy atom. The summed E-state index contributed by atoms with van der Waals surface area (Å²) >= 11 is 0. The number of rotatable bonds is 3. The van der Waals surface area contributed by atoms with Crippen molar-refractivity contribution in [2.75, 3.05) is 12.3 Å². The molecule has 0 saturated carbocycles. The van der Waals surface area contributed by atoms with E-state index in [0.717, 1.165) is 24.2 Å². The van der Waals surface area contributed by atoms with Gasteiger partial charge in [0.15, 0.2) is 0 Å². The van der Waals surface area contributed by atoms with Crippen LogP contribution in [0.3, 0.4) is 0 Å². The van der Waals surface area contributed by atoms with E-state index in [-0.39, 0.29) is 0 Å². The van der Waals surface area contributed by atoms with Crippen LogP contribution < -0.4 is 5.73 Å². The SMILES string of the molecule is CC1=NCCC(c2ccc(N)nc2)=C1/C=C(\C)C(C)C. The van der Waals surface area contributed by atoms with E-state index in [1.807, 2.05) is 12.3 Å². The zero-order valence-electron chi connectivity index (χ0n) is 12.8. The highest BCUT2D eigenvalue weighted by molar-refractivity contribution is 6.08. The third-order valence-electron chi connectivity index (χ3n) is 3.84. The number of dihydropyridines is 1. The molecule has 106 valence electrons. The molecule has 2 N–H and O–H groups in total. The molecule has 2 heterocycles. The van der Waals surface area contributed by atoms with Gasteiger partial charge >= 0.3 is 0 Å². The maximum Gasteiger partial charge on any atom is 0.123 e. The number of pyridine rings is 1. The van der Waals surface area contributed by atoms with Crippen LogP contribution in [0.4, 0.5) is 5.82 Å². The zero-order chi connectivity index (χ0) is 14.7. The molecule has 1 aliphatic rings. The normalized spacial score (nSPS) is 16.6. The quantitative estimate of drug-likeness (QED) is 0.905. The van der Waals surface area contributed by atoms with Gasteiger partial charge in [0.05, 0.1) is 0 Å². The first kappa shape index (κ1) is 14.5. The molecule has 3 heteroatoms. The second kappa shape index (κ2) is 6.04. The summed E-state index contributed by atoms with van der Waals surface area (Å²) in [5.74, 6) is 1.11. The number of allylic oxidation sites excluding steroid dienone is 3. The number of anilines is 1. The molecule has 0 atom stereocenters. The first-order valence-corrected chi connectivity index (χ1v) is 7.13. The molecule has 0 amide bonds. The molecule has 2 rings (SSSR count). The smallest absolute Gasteiger partial charge is 0.123 e. The van der Waals surface area contributed by atoms with E-state index in [4.69, 9.17) is 5.73 Å². The average Bonchev–Trinajstić information content (AvgIpc) is 2.42. The monoisotopic (exact) mass is 269 g/mol. The zero-order valence-corrected chi connectivity index (χ0v) is 12.8. The van der Waals surface area contributed by atoms with Crippen molar-refractivity contribution < 1.29 is 0 Å². The molecule has 1 aliphatic heterocycles. The number of nitrogen functional groups attached to an aromatic ring is 1. The summed E-state index contributed by atoms with van der Waals surface area (Å²) in [4.78, 5) is 8.80. The first-order chi connectivity index (χ1) is 9.49.